The number of carbonyl (C=O) groups is 2. The van der Waals surface area contributed by atoms with Crippen LogP contribution in [0.3, 0.4) is 0 Å². The maximum Gasteiger partial charge on any atom is 0.259 e. The van der Waals surface area contributed by atoms with Gasteiger partial charge in [-0.2, -0.15) is 5.10 Å². The molecule has 0 spiro atoms. The van der Waals surface area contributed by atoms with Gasteiger partial charge in [-0.05, 0) is 30.2 Å². The average Bonchev–Trinajstić information content (AvgIpc) is 3.07. The minimum Gasteiger partial charge on any atom is -0.326 e. The monoisotopic (exact) mass is 380 g/mol. The van der Waals surface area contributed by atoms with Crippen LogP contribution in [-0.2, 0) is 17.8 Å². The molecule has 0 unspecified atom stereocenters. The summed E-state index contributed by atoms with van der Waals surface area (Å²) < 4.78 is 15.9. The molecule has 2 N–H and O–H groups in total. The largest absolute Gasteiger partial charge is 0.326 e. The minimum atomic E-state index is -0.586. The van der Waals surface area contributed by atoms with Crippen LogP contribution < -0.4 is 10.6 Å². The molecule has 6 nitrogen and oxygen atoms in total. The van der Waals surface area contributed by atoms with Gasteiger partial charge in [0, 0.05) is 12.6 Å². The van der Waals surface area contributed by atoms with Crippen LogP contribution in [0.15, 0.2) is 54.7 Å². The second-order valence-corrected chi connectivity index (χ2v) is 6.33. The number of aromatic nitrogens is 2. The van der Waals surface area contributed by atoms with E-state index in [1.165, 1.54) is 31.3 Å². The number of hydrogen-bond donors (Lipinski definition) is 2. The molecule has 0 saturated heterocycles. The van der Waals surface area contributed by atoms with Crippen molar-refractivity contribution >= 4 is 23.2 Å². The first kappa shape index (κ1) is 19.3. The van der Waals surface area contributed by atoms with Gasteiger partial charge in [0.25, 0.3) is 5.91 Å². The Morgan fingerprint density at radius 2 is 1.86 bits per heavy atom. The maximum absolute atomic E-state index is 14.1. The van der Waals surface area contributed by atoms with Crippen LogP contribution in [0.2, 0.25) is 0 Å². The van der Waals surface area contributed by atoms with E-state index >= 15 is 0 Å². The Bertz CT molecular complexity index is 999. The van der Waals surface area contributed by atoms with Gasteiger partial charge in [0.1, 0.15) is 5.82 Å². The number of carbonyl (C=O) groups excluding carboxylic acids is 2. The third-order valence-corrected chi connectivity index (χ3v) is 4.24. The zero-order valence-corrected chi connectivity index (χ0v) is 15.7. The number of benzene rings is 2. The zero-order valence-electron chi connectivity index (χ0n) is 15.7. The summed E-state index contributed by atoms with van der Waals surface area (Å²) in [5.41, 5.74) is 2.62. The van der Waals surface area contributed by atoms with Gasteiger partial charge in [0.15, 0.2) is 0 Å². The summed E-state index contributed by atoms with van der Waals surface area (Å²) >= 11 is 0. The summed E-state index contributed by atoms with van der Waals surface area (Å²) in [6.45, 7) is 3.84. The van der Waals surface area contributed by atoms with Crippen LogP contribution in [0.4, 0.5) is 15.8 Å². The summed E-state index contributed by atoms with van der Waals surface area (Å²) in [6, 6.07) is 13.8. The first-order valence-corrected chi connectivity index (χ1v) is 8.95. The molecule has 0 aliphatic heterocycles. The van der Waals surface area contributed by atoms with Crippen molar-refractivity contribution < 1.29 is 14.0 Å². The zero-order chi connectivity index (χ0) is 20.1. The fourth-order valence-corrected chi connectivity index (χ4v) is 2.96. The highest BCUT2D eigenvalue weighted by Gasteiger charge is 2.18. The summed E-state index contributed by atoms with van der Waals surface area (Å²) in [5, 5.41) is 9.47. The van der Waals surface area contributed by atoms with E-state index < -0.39 is 11.7 Å². The van der Waals surface area contributed by atoms with E-state index in [2.05, 4.69) is 15.7 Å². The van der Waals surface area contributed by atoms with Crippen LogP contribution in [0.1, 0.15) is 35.5 Å². The molecule has 2 aromatic carbocycles. The van der Waals surface area contributed by atoms with Crippen molar-refractivity contribution in [2.24, 2.45) is 0 Å². The van der Waals surface area contributed by atoms with E-state index in [0.29, 0.717) is 24.2 Å². The van der Waals surface area contributed by atoms with Crippen molar-refractivity contribution in [3.05, 3.63) is 77.4 Å². The molecule has 28 heavy (non-hydrogen) atoms. The van der Waals surface area contributed by atoms with E-state index in [1.807, 2.05) is 37.3 Å². The predicted octanol–water partition coefficient (Wildman–Crippen LogP) is 3.84. The lowest BCUT2D eigenvalue weighted by molar-refractivity contribution is -0.114. The molecule has 144 valence electrons. The Hall–Kier alpha value is -3.48. The van der Waals surface area contributed by atoms with Crippen LogP contribution in [0.25, 0.3) is 0 Å². The Kier molecular flexibility index (Phi) is 5.84. The van der Waals surface area contributed by atoms with Crippen LogP contribution in [-0.4, -0.2) is 21.6 Å². The summed E-state index contributed by atoms with van der Waals surface area (Å²) in [7, 11) is 0. The van der Waals surface area contributed by atoms with Gasteiger partial charge >= 0.3 is 0 Å². The van der Waals surface area contributed by atoms with Crippen molar-refractivity contribution in [1.82, 2.24) is 9.78 Å². The molecule has 0 atom stereocenters. The number of halogens is 1. The lowest BCUT2D eigenvalue weighted by Gasteiger charge is -2.10. The van der Waals surface area contributed by atoms with Crippen molar-refractivity contribution in [2.45, 2.75) is 26.8 Å². The average molecular weight is 380 g/mol. The molecule has 3 aromatic rings. The number of hydrogen-bond acceptors (Lipinski definition) is 3. The fourth-order valence-electron chi connectivity index (χ4n) is 2.96. The van der Waals surface area contributed by atoms with Crippen molar-refractivity contribution in [3.63, 3.8) is 0 Å². The molecule has 0 aliphatic carbocycles. The second-order valence-electron chi connectivity index (χ2n) is 6.33. The molecule has 2 amide bonds. The van der Waals surface area contributed by atoms with E-state index in [0.717, 1.165) is 11.3 Å². The molecule has 3 rings (SSSR count). The highest BCUT2D eigenvalue weighted by molar-refractivity contribution is 6.05. The highest BCUT2D eigenvalue weighted by Crippen LogP contribution is 2.21. The molecule has 1 heterocycles. The first-order chi connectivity index (χ1) is 13.5. The highest BCUT2D eigenvalue weighted by atomic mass is 19.1. The molecule has 1 aromatic heterocycles. The first-order valence-electron chi connectivity index (χ1n) is 8.95. The minimum absolute atomic E-state index is 0.00545. The molecular weight excluding hydrogens is 359 g/mol. The third kappa shape index (κ3) is 4.43. The molecule has 0 aliphatic rings. The standard InChI is InChI=1S/C21H21FN4O2/c1-3-20-17(12-23-26(20)13-15-7-5-4-6-8-15)21(28)25-19-11-16(24-14(2)27)9-10-18(19)22/h4-12H,3,13H2,1-2H3,(H,24,27)(H,25,28). The molecular formula is C21H21FN4O2. The second kappa shape index (κ2) is 8.47. The molecule has 0 radical (unpaired) electrons. The lowest BCUT2D eigenvalue weighted by Crippen LogP contribution is -2.16. The Balaban J connectivity index is 1.82. The lowest BCUT2D eigenvalue weighted by atomic mass is 10.1. The topological polar surface area (TPSA) is 76.0 Å². The van der Waals surface area contributed by atoms with E-state index in [4.69, 9.17) is 0 Å². The summed E-state index contributed by atoms with van der Waals surface area (Å²) in [5.74, 6) is -1.31. The van der Waals surface area contributed by atoms with Gasteiger partial charge in [-0.1, -0.05) is 37.3 Å². The smallest absolute Gasteiger partial charge is 0.259 e. The van der Waals surface area contributed by atoms with Crippen LogP contribution >= 0.6 is 0 Å². The van der Waals surface area contributed by atoms with Gasteiger partial charge in [-0.25, -0.2) is 4.39 Å². The number of nitrogens with zero attached hydrogens (tertiary/aromatic N) is 2. The normalized spacial score (nSPS) is 10.5. The van der Waals surface area contributed by atoms with Gasteiger partial charge in [0.2, 0.25) is 5.91 Å². The van der Waals surface area contributed by atoms with E-state index in [1.54, 1.807) is 4.68 Å². The predicted molar refractivity (Wildman–Crippen MR) is 106 cm³/mol. The van der Waals surface area contributed by atoms with E-state index in [9.17, 15) is 14.0 Å². The SMILES string of the molecule is CCc1c(C(=O)Nc2cc(NC(C)=O)ccc2F)cnn1Cc1ccccc1. The van der Waals surface area contributed by atoms with Gasteiger partial charge < -0.3 is 10.6 Å². The van der Waals surface area contributed by atoms with Gasteiger partial charge in [-0.15, -0.1) is 0 Å². The van der Waals surface area contributed by atoms with Crippen LogP contribution in [0, 0.1) is 5.82 Å². The number of rotatable bonds is 6. The summed E-state index contributed by atoms with van der Waals surface area (Å²) in [4.78, 5) is 23.9. The molecule has 7 heteroatoms. The molecule has 0 saturated carbocycles. The van der Waals surface area contributed by atoms with E-state index in [-0.39, 0.29) is 11.6 Å². The number of amides is 2. The van der Waals surface area contributed by atoms with Crippen LogP contribution in [0.5, 0.6) is 0 Å². The number of nitrogens with one attached hydrogen (secondary N) is 2. The Morgan fingerprint density at radius 3 is 2.54 bits per heavy atom. The Morgan fingerprint density at radius 1 is 1.11 bits per heavy atom. The Labute approximate surface area is 162 Å². The van der Waals surface area contributed by atoms with Crippen molar-refractivity contribution in [2.75, 3.05) is 10.6 Å². The van der Waals surface area contributed by atoms with Gasteiger partial charge in [0.05, 0.1) is 29.7 Å². The molecule has 0 fully saturated rings. The van der Waals surface area contributed by atoms with Crippen molar-refractivity contribution in [3.8, 4) is 0 Å². The quantitative estimate of drug-likeness (QED) is 0.682. The van der Waals surface area contributed by atoms with Crippen molar-refractivity contribution in [1.29, 1.82) is 0 Å². The third-order valence-electron chi connectivity index (χ3n) is 4.24. The molecule has 0 bridgehead atoms. The van der Waals surface area contributed by atoms with Gasteiger partial charge in [-0.3, -0.25) is 14.3 Å². The fraction of sp³-hybridized carbons (Fsp3) is 0.190. The maximum atomic E-state index is 14.1. The number of anilines is 2. The summed E-state index contributed by atoms with van der Waals surface area (Å²) in [6.07, 6.45) is 2.09.